The molecule has 2 unspecified atom stereocenters. The van der Waals surface area contributed by atoms with Crippen LogP contribution in [0, 0.1) is 0 Å². The topological polar surface area (TPSA) is 152 Å². The molecular weight excluding hydrogens is 1330 g/mol. The molecule has 0 aromatic heterocycles. The van der Waals surface area contributed by atoms with Crippen molar-refractivity contribution < 1.29 is 47.7 Å². The second-order valence-corrected chi connectivity index (χ2v) is 32.3. The lowest BCUT2D eigenvalue weighted by atomic mass is 10.0. The van der Waals surface area contributed by atoms with Gasteiger partial charge in [-0.25, -0.2) is 0 Å². The van der Waals surface area contributed by atoms with Gasteiger partial charge in [-0.3, -0.25) is 28.8 Å². The zero-order chi connectivity index (χ0) is 75.5. The van der Waals surface area contributed by atoms with Crippen molar-refractivity contribution in [3.05, 3.63) is 12.2 Å². The van der Waals surface area contributed by atoms with Crippen LogP contribution < -0.4 is 0 Å². The lowest BCUT2D eigenvalue weighted by molar-refractivity contribution is -0.151. The highest BCUT2D eigenvalue weighted by Gasteiger charge is 2.22. The molecule has 0 bridgehead atoms. The van der Waals surface area contributed by atoms with Crippen molar-refractivity contribution >= 4 is 57.9 Å². The molecule has 2 atom stereocenters. The Balaban J connectivity index is 5.02. The highest BCUT2D eigenvalue weighted by molar-refractivity contribution is 8.13. The summed E-state index contributed by atoms with van der Waals surface area (Å²) in [6.07, 6.45) is 62.5. The molecule has 0 fully saturated rings. The molecule has 0 aliphatic heterocycles. The van der Waals surface area contributed by atoms with E-state index in [0.29, 0.717) is 64.9 Å². The predicted molar refractivity (Wildman–Crippen MR) is 442 cm³/mol. The summed E-state index contributed by atoms with van der Waals surface area (Å²) < 4.78 is 24.0. The lowest BCUT2D eigenvalue weighted by Gasteiger charge is -2.23. The maximum atomic E-state index is 13.7. The quantitative estimate of drug-likeness (QED) is 0.0246. The van der Waals surface area contributed by atoms with Crippen LogP contribution in [0.1, 0.15) is 408 Å². The van der Waals surface area contributed by atoms with Gasteiger partial charge in [-0.2, -0.15) is 0 Å². The average molecular weight is 1490 g/mol. The van der Waals surface area contributed by atoms with Crippen molar-refractivity contribution in [2.24, 2.45) is 0 Å². The van der Waals surface area contributed by atoms with Crippen LogP contribution in [-0.2, 0) is 38.1 Å². The summed E-state index contributed by atoms with van der Waals surface area (Å²) in [6.45, 7) is 22.0. The number of unbranched alkanes of at least 4 members (excludes halogenated alkanes) is 35. The summed E-state index contributed by atoms with van der Waals surface area (Å²) >= 11 is 2.75. The summed E-state index contributed by atoms with van der Waals surface area (Å²) in [6, 6.07) is 0. The molecule has 0 aliphatic rings. The lowest BCUT2D eigenvalue weighted by Crippen LogP contribution is -2.31. The molecule has 0 saturated carbocycles. The monoisotopic (exact) mass is 1490 g/mol. The van der Waals surface area contributed by atoms with Gasteiger partial charge in [0, 0.05) is 69.9 Å². The fourth-order valence-corrected chi connectivity index (χ4v) is 15.2. The molecular formula is C87H166N4O10S2. The number of thioether (sulfide) groups is 2. The maximum absolute atomic E-state index is 13.7. The molecule has 16 heteroatoms. The third-order valence-corrected chi connectivity index (χ3v) is 22.1. The Labute approximate surface area is 644 Å². The Morgan fingerprint density at radius 1 is 0.301 bits per heavy atom. The maximum Gasteiger partial charge on any atom is 0.306 e. The molecule has 0 saturated heterocycles. The summed E-state index contributed by atoms with van der Waals surface area (Å²) in [5.74, 6) is 0.963. The zero-order valence-electron chi connectivity index (χ0n) is 69.0. The molecule has 606 valence electrons. The van der Waals surface area contributed by atoms with Crippen LogP contribution in [0.2, 0.25) is 0 Å². The number of esters is 4. The van der Waals surface area contributed by atoms with Gasteiger partial charge >= 0.3 is 23.9 Å². The van der Waals surface area contributed by atoms with E-state index in [4.69, 9.17) is 18.9 Å². The van der Waals surface area contributed by atoms with Crippen molar-refractivity contribution in [1.29, 1.82) is 0 Å². The molecule has 0 rings (SSSR count). The van der Waals surface area contributed by atoms with Crippen molar-refractivity contribution in [1.82, 2.24) is 19.6 Å². The van der Waals surface area contributed by atoms with E-state index in [-0.39, 0.29) is 59.1 Å². The highest BCUT2D eigenvalue weighted by Crippen LogP contribution is 2.24. The Hall–Kier alpha value is -2.82. The van der Waals surface area contributed by atoms with Gasteiger partial charge in [0.1, 0.15) is 24.9 Å². The Kier molecular flexibility index (Phi) is 75.2. The molecule has 0 radical (unpaired) electrons. The number of allylic oxidation sites excluding steroid dienone is 1. The van der Waals surface area contributed by atoms with Gasteiger partial charge in [0.05, 0.1) is 0 Å². The van der Waals surface area contributed by atoms with Crippen LogP contribution in [-0.4, -0.2) is 157 Å². The second-order valence-electron chi connectivity index (χ2n) is 30.2. The Morgan fingerprint density at radius 2 is 0.602 bits per heavy atom. The van der Waals surface area contributed by atoms with Crippen molar-refractivity contribution in [3.8, 4) is 0 Å². The molecule has 0 aliphatic carbocycles. The Bertz CT molecular complexity index is 1950. The van der Waals surface area contributed by atoms with E-state index in [1.165, 1.54) is 210 Å². The number of rotatable bonds is 78. The van der Waals surface area contributed by atoms with Crippen LogP contribution in [0.3, 0.4) is 0 Å². The van der Waals surface area contributed by atoms with E-state index < -0.39 is 0 Å². The minimum absolute atomic E-state index is 0.0000335. The van der Waals surface area contributed by atoms with Crippen LogP contribution in [0.15, 0.2) is 12.2 Å². The van der Waals surface area contributed by atoms with E-state index in [9.17, 15) is 28.8 Å². The molecule has 0 N–H and O–H groups in total. The first-order valence-electron chi connectivity index (χ1n) is 43.9. The second kappa shape index (κ2) is 77.3. The molecule has 103 heavy (non-hydrogen) atoms. The first-order valence-corrected chi connectivity index (χ1v) is 45.8. The van der Waals surface area contributed by atoms with Gasteiger partial charge in [-0.1, -0.05) is 283 Å². The summed E-state index contributed by atoms with van der Waals surface area (Å²) in [7, 11) is 4.05. The predicted octanol–water partition coefficient (Wildman–Crippen LogP) is 25.0. The smallest absolute Gasteiger partial charge is 0.306 e. The van der Waals surface area contributed by atoms with E-state index in [0.717, 1.165) is 173 Å². The van der Waals surface area contributed by atoms with Gasteiger partial charge in [-0.15, -0.1) is 0 Å². The first-order chi connectivity index (χ1) is 50.3. The van der Waals surface area contributed by atoms with Crippen molar-refractivity contribution in [3.63, 3.8) is 0 Å². The molecule has 2 amide bonds. The summed E-state index contributed by atoms with van der Waals surface area (Å²) in [4.78, 5) is 87.8. The van der Waals surface area contributed by atoms with Gasteiger partial charge in [0.25, 0.3) is 10.5 Å². The molecule has 0 heterocycles. The third kappa shape index (κ3) is 68.2. The SMILES string of the molecule is CCCCCC/C=C\COC(=O)CCCCCN(CCCCCC(=O)OC(CCCCCCC)CCCCCCCCCCCCCCC(CCCCCCC)OC(=O)CCCN(CCCC(=O)OC(CCCCCCC)CCCCCCC)C(=O)SCCCN(CC)CC)C(=O)SCCN(C)C. The fraction of sp³-hybridized carbons (Fsp3) is 0.908. The third-order valence-electron chi connectivity index (χ3n) is 20.2. The average Bonchev–Trinajstić information content (AvgIpc) is 0.994. The Morgan fingerprint density at radius 3 is 0.951 bits per heavy atom. The number of amides is 2. The molecule has 0 aromatic rings. The van der Waals surface area contributed by atoms with Gasteiger partial charge in [-0.05, 0) is 169 Å². The highest BCUT2D eigenvalue weighted by atomic mass is 32.2. The molecule has 0 spiro atoms. The number of hydrogen-bond donors (Lipinski definition) is 0. The van der Waals surface area contributed by atoms with Crippen molar-refractivity contribution in [2.75, 3.05) is 84.6 Å². The van der Waals surface area contributed by atoms with Gasteiger partial charge < -0.3 is 38.5 Å². The number of carbonyl (C=O) groups excluding carboxylic acids is 6. The van der Waals surface area contributed by atoms with Gasteiger partial charge in [0.15, 0.2) is 0 Å². The minimum Gasteiger partial charge on any atom is -0.462 e. The van der Waals surface area contributed by atoms with Gasteiger partial charge in [0.2, 0.25) is 0 Å². The number of carbonyl (C=O) groups is 6. The largest absolute Gasteiger partial charge is 0.462 e. The van der Waals surface area contributed by atoms with Crippen LogP contribution in [0.5, 0.6) is 0 Å². The van der Waals surface area contributed by atoms with E-state index >= 15 is 0 Å². The minimum atomic E-state index is -0.156. The van der Waals surface area contributed by atoms with E-state index in [1.54, 1.807) is 0 Å². The van der Waals surface area contributed by atoms with Crippen molar-refractivity contribution in [2.45, 2.75) is 426 Å². The van der Waals surface area contributed by atoms with Crippen LogP contribution >= 0.6 is 23.5 Å². The fourth-order valence-electron chi connectivity index (χ4n) is 13.4. The number of hydrogen-bond acceptors (Lipinski definition) is 14. The standard InChI is InChI=1S/C87H166N4O10S2/c1-10-17-22-27-36-43-56-76-98-82(92)66-52-44-54-71-90(87(97)103-78-75-88(8)9)72-55-45-53-67-83(93)99-79(60-46-37-23-18-11-2)64-50-41-34-32-30-28-29-31-33-35-42-51-65-81(63-49-40-26-21-14-5)101-85(95)69-58-74-91(86(96)102-77-59-70-89(15-6)16-7)73-57-68-84(94)100-80(61-47-38-24-19-12-3)62-48-39-25-20-13-4/h43,56,79-81H,10-42,44-55,57-78H2,1-9H3/b56-43-. The zero-order valence-corrected chi connectivity index (χ0v) is 70.6. The normalized spacial score (nSPS) is 12.3. The molecule has 0 aromatic carbocycles. The number of ether oxygens (including phenoxy) is 4. The molecule has 14 nitrogen and oxygen atoms in total. The van der Waals surface area contributed by atoms with Crippen LogP contribution in [0.4, 0.5) is 9.59 Å². The van der Waals surface area contributed by atoms with E-state index in [2.05, 4.69) is 64.3 Å². The first kappa shape index (κ1) is 100. The van der Waals surface area contributed by atoms with E-state index in [1.807, 2.05) is 30.0 Å². The van der Waals surface area contributed by atoms with Crippen LogP contribution in [0.25, 0.3) is 0 Å². The number of nitrogens with zero attached hydrogens (tertiary/aromatic N) is 4. The summed E-state index contributed by atoms with van der Waals surface area (Å²) in [5, 5.41) is 0.149. The summed E-state index contributed by atoms with van der Waals surface area (Å²) in [5.41, 5.74) is 0.